The molecular weight excluding hydrogens is 342 g/mol. The largest absolute Gasteiger partial charge is 0.459 e. The molecule has 0 aliphatic carbocycles. The summed E-state index contributed by atoms with van der Waals surface area (Å²) < 4.78 is 5.35. The van der Waals surface area contributed by atoms with Crippen LogP contribution in [-0.4, -0.2) is 30.1 Å². The highest BCUT2D eigenvalue weighted by atomic mass is 35.5. The van der Waals surface area contributed by atoms with E-state index in [1.165, 1.54) is 0 Å². The number of carbonyl (C=O) groups is 2. The minimum absolute atomic E-state index is 0.0609. The number of hydrogen-bond acceptors (Lipinski definition) is 5. The summed E-state index contributed by atoms with van der Waals surface area (Å²) in [5.74, 6) is -0.575. The van der Waals surface area contributed by atoms with Crippen LogP contribution in [0.2, 0.25) is 5.02 Å². The first-order chi connectivity index (χ1) is 11.7. The van der Waals surface area contributed by atoms with E-state index in [9.17, 15) is 9.59 Å². The van der Waals surface area contributed by atoms with Crippen molar-refractivity contribution in [1.29, 1.82) is 0 Å². The van der Waals surface area contributed by atoms with Gasteiger partial charge in [0.15, 0.2) is 0 Å². The van der Waals surface area contributed by atoms with E-state index in [2.05, 4.69) is 10.6 Å². The van der Waals surface area contributed by atoms with Gasteiger partial charge >= 0.3 is 5.97 Å². The molecule has 4 N–H and O–H groups in total. The highest BCUT2D eigenvalue weighted by Crippen LogP contribution is 2.23. The predicted molar refractivity (Wildman–Crippen MR) is 97.1 cm³/mol. The lowest BCUT2D eigenvalue weighted by molar-refractivity contribution is -0.156. The average molecular weight is 368 g/mol. The van der Waals surface area contributed by atoms with Crippen molar-refractivity contribution in [3.05, 3.63) is 34.3 Å². The number of benzene rings is 1. The van der Waals surface area contributed by atoms with Crippen molar-refractivity contribution in [2.45, 2.75) is 57.8 Å². The smallest absolute Gasteiger partial charge is 0.328 e. The number of nitrogens with one attached hydrogen (secondary N) is 2. The lowest BCUT2D eigenvalue weighted by atomic mass is 10.00. The first kappa shape index (κ1) is 19.7. The summed E-state index contributed by atoms with van der Waals surface area (Å²) in [4.78, 5) is 24.4. The number of esters is 1. The minimum Gasteiger partial charge on any atom is -0.459 e. The van der Waals surface area contributed by atoms with Gasteiger partial charge in [-0.2, -0.15) is 0 Å². The van der Waals surface area contributed by atoms with Crippen LogP contribution in [0.15, 0.2) is 18.2 Å². The van der Waals surface area contributed by atoms with Crippen LogP contribution in [0.25, 0.3) is 0 Å². The summed E-state index contributed by atoms with van der Waals surface area (Å²) in [6, 6.07) is 3.98. The van der Waals surface area contributed by atoms with Crippen molar-refractivity contribution < 1.29 is 14.3 Å². The lowest BCUT2D eigenvalue weighted by Gasteiger charge is -2.23. The third-order valence-electron chi connectivity index (χ3n) is 3.93. The highest BCUT2D eigenvalue weighted by Gasteiger charge is 2.26. The molecule has 0 bridgehead atoms. The van der Waals surface area contributed by atoms with Gasteiger partial charge in [0.05, 0.1) is 6.04 Å². The minimum atomic E-state index is -0.937. The fourth-order valence-corrected chi connectivity index (χ4v) is 2.93. The molecule has 1 unspecified atom stereocenters. The Morgan fingerprint density at radius 2 is 2.16 bits per heavy atom. The Bertz CT molecular complexity index is 637. The van der Waals surface area contributed by atoms with Crippen molar-refractivity contribution in [3.63, 3.8) is 0 Å². The molecule has 2 atom stereocenters. The van der Waals surface area contributed by atoms with E-state index in [0.717, 1.165) is 19.4 Å². The van der Waals surface area contributed by atoms with Gasteiger partial charge in [0.25, 0.3) is 0 Å². The van der Waals surface area contributed by atoms with E-state index in [4.69, 9.17) is 22.1 Å². The lowest BCUT2D eigenvalue weighted by Crippen LogP contribution is -2.40. The number of ether oxygens (including phenoxy) is 1. The molecule has 1 aliphatic heterocycles. The zero-order valence-corrected chi connectivity index (χ0v) is 15.7. The Morgan fingerprint density at radius 1 is 1.44 bits per heavy atom. The topological polar surface area (TPSA) is 93.4 Å². The molecule has 0 spiro atoms. The fourth-order valence-electron chi connectivity index (χ4n) is 2.74. The normalized spacial score (nSPS) is 18.7. The van der Waals surface area contributed by atoms with E-state index < -0.39 is 17.6 Å². The van der Waals surface area contributed by atoms with Crippen LogP contribution in [-0.2, 0) is 20.9 Å². The maximum absolute atomic E-state index is 12.3. The zero-order valence-electron chi connectivity index (χ0n) is 14.9. The molecule has 7 heteroatoms. The van der Waals surface area contributed by atoms with Gasteiger partial charge in [0.2, 0.25) is 5.91 Å². The molecule has 1 saturated heterocycles. The molecule has 0 radical (unpaired) electrons. The summed E-state index contributed by atoms with van der Waals surface area (Å²) >= 11 is 6.07. The van der Waals surface area contributed by atoms with Gasteiger partial charge in [-0.3, -0.25) is 4.79 Å². The van der Waals surface area contributed by atoms with E-state index in [-0.39, 0.29) is 18.5 Å². The standard InChI is InChI=1S/C18H26ClN3O3/c1-18(2,3)25-17(24)15(20)13-7-6-12(19)9-11(13)10-22-16(23)14-5-4-8-21-14/h6-7,9,14-15,21H,4-5,8,10,20H2,1-3H3,(H,22,23)/t14-,15?/m0/s1. The SMILES string of the molecule is CC(C)(C)OC(=O)C(N)c1ccc(Cl)cc1CNC(=O)[C@@H]1CCCN1. The fraction of sp³-hybridized carbons (Fsp3) is 0.556. The summed E-state index contributed by atoms with van der Waals surface area (Å²) in [5, 5.41) is 6.55. The van der Waals surface area contributed by atoms with Gasteiger partial charge < -0.3 is 21.1 Å². The molecule has 1 aromatic carbocycles. The van der Waals surface area contributed by atoms with Gasteiger partial charge in [-0.05, 0) is 63.4 Å². The van der Waals surface area contributed by atoms with Crippen molar-refractivity contribution >= 4 is 23.5 Å². The molecule has 1 aromatic rings. The van der Waals surface area contributed by atoms with Crippen molar-refractivity contribution in [2.75, 3.05) is 6.54 Å². The van der Waals surface area contributed by atoms with E-state index in [1.54, 1.807) is 39.0 Å². The average Bonchev–Trinajstić information content (AvgIpc) is 3.05. The molecule has 6 nitrogen and oxygen atoms in total. The second-order valence-electron chi connectivity index (χ2n) is 7.22. The first-order valence-electron chi connectivity index (χ1n) is 8.45. The van der Waals surface area contributed by atoms with Gasteiger partial charge in [0, 0.05) is 11.6 Å². The number of amides is 1. The highest BCUT2D eigenvalue weighted by molar-refractivity contribution is 6.30. The molecule has 1 heterocycles. The Balaban J connectivity index is 2.10. The number of rotatable bonds is 5. The Hall–Kier alpha value is -1.63. The van der Waals surface area contributed by atoms with Crippen LogP contribution in [0.4, 0.5) is 0 Å². The maximum Gasteiger partial charge on any atom is 0.328 e. The molecule has 1 amide bonds. The molecule has 25 heavy (non-hydrogen) atoms. The van der Waals surface area contributed by atoms with Crippen LogP contribution in [0.3, 0.4) is 0 Å². The first-order valence-corrected chi connectivity index (χ1v) is 8.83. The maximum atomic E-state index is 12.3. The predicted octanol–water partition coefficient (Wildman–Crippen LogP) is 2.05. The number of nitrogens with two attached hydrogens (primary N) is 1. The number of halogens is 1. The van der Waals surface area contributed by atoms with Crippen LogP contribution in [0, 0.1) is 0 Å². The zero-order chi connectivity index (χ0) is 18.6. The summed E-state index contributed by atoms with van der Waals surface area (Å²) in [6.07, 6.45) is 1.82. The van der Waals surface area contributed by atoms with Crippen molar-refractivity contribution in [3.8, 4) is 0 Å². The Labute approximate surface area is 153 Å². The second-order valence-corrected chi connectivity index (χ2v) is 7.66. The van der Waals surface area contributed by atoms with E-state index in [0.29, 0.717) is 16.1 Å². The third-order valence-corrected chi connectivity index (χ3v) is 4.17. The van der Waals surface area contributed by atoms with E-state index >= 15 is 0 Å². The van der Waals surface area contributed by atoms with Crippen molar-refractivity contribution in [2.24, 2.45) is 5.73 Å². The number of carbonyl (C=O) groups excluding carboxylic acids is 2. The van der Waals surface area contributed by atoms with Crippen LogP contribution < -0.4 is 16.4 Å². The van der Waals surface area contributed by atoms with Gasteiger partial charge in [-0.15, -0.1) is 0 Å². The van der Waals surface area contributed by atoms with Gasteiger partial charge in [-0.1, -0.05) is 17.7 Å². The third kappa shape index (κ3) is 5.70. The van der Waals surface area contributed by atoms with E-state index in [1.807, 2.05) is 0 Å². The van der Waals surface area contributed by atoms with Crippen molar-refractivity contribution in [1.82, 2.24) is 10.6 Å². The van der Waals surface area contributed by atoms with Crippen LogP contribution >= 0.6 is 11.6 Å². The molecule has 2 rings (SSSR count). The molecule has 1 aliphatic rings. The van der Waals surface area contributed by atoms with Crippen LogP contribution in [0.1, 0.15) is 50.8 Å². The van der Waals surface area contributed by atoms with Gasteiger partial charge in [-0.25, -0.2) is 4.79 Å². The van der Waals surface area contributed by atoms with Crippen LogP contribution in [0.5, 0.6) is 0 Å². The van der Waals surface area contributed by atoms with Gasteiger partial charge in [0.1, 0.15) is 11.6 Å². The summed E-state index contributed by atoms with van der Waals surface area (Å²) in [5.41, 5.74) is 6.76. The summed E-state index contributed by atoms with van der Waals surface area (Å²) in [6.45, 7) is 6.47. The quantitative estimate of drug-likeness (QED) is 0.692. The molecular formula is C18H26ClN3O3. The molecule has 138 valence electrons. The molecule has 0 saturated carbocycles. The Morgan fingerprint density at radius 3 is 2.76 bits per heavy atom. The second kappa shape index (κ2) is 8.17. The number of hydrogen-bond donors (Lipinski definition) is 3. The Kier molecular flexibility index (Phi) is 6.43. The molecule has 1 fully saturated rings. The monoisotopic (exact) mass is 367 g/mol. The summed E-state index contributed by atoms with van der Waals surface area (Å²) in [7, 11) is 0. The molecule has 0 aromatic heterocycles.